The number of nitrogen functional groups attached to an aromatic ring is 1. The molecule has 2 aromatic rings. The Morgan fingerprint density at radius 3 is 2.86 bits per heavy atom. The van der Waals surface area contributed by atoms with Crippen molar-refractivity contribution in [2.24, 2.45) is 0 Å². The van der Waals surface area contributed by atoms with Crippen molar-refractivity contribution in [3.8, 4) is 10.6 Å². The third kappa shape index (κ3) is 1.39. The maximum absolute atomic E-state index is 5.70. The Morgan fingerprint density at radius 2 is 2.29 bits per heavy atom. The zero-order chi connectivity index (χ0) is 10.1. The first-order valence-corrected chi connectivity index (χ1v) is 5.22. The lowest BCUT2D eigenvalue weighted by Gasteiger charge is -2.02. The van der Waals surface area contributed by atoms with Crippen LogP contribution in [-0.4, -0.2) is 10.1 Å². The van der Waals surface area contributed by atoms with Crippen LogP contribution in [0, 0.1) is 0 Å². The monoisotopic (exact) mass is 209 g/mol. The molecule has 0 unspecified atom stereocenters. The molecule has 0 aliphatic rings. The molecule has 2 N–H and O–H groups in total. The molecule has 74 valence electrons. The predicted molar refractivity (Wildman–Crippen MR) is 56.1 cm³/mol. The number of thiazole rings is 1. The highest BCUT2D eigenvalue weighted by Gasteiger charge is 2.18. The Bertz CT molecular complexity index is 419. The average Bonchev–Trinajstić information content (AvgIpc) is 2.70. The lowest BCUT2D eigenvalue weighted by atomic mass is 10.0. The maximum Gasteiger partial charge on any atom is 0.226 e. The maximum atomic E-state index is 5.70. The Hall–Kier alpha value is -1.36. The van der Waals surface area contributed by atoms with Gasteiger partial charge in [-0.25, -0.2) is 0 Å². The molecule has 14 heavy (non-hydrogen) atoms. The molecule has 0 amide bonds. The van der Waals surface area contributed by atoms with Gasteiger partial charge in [-0.3, -0.25) is 4.98 Å². The number of nitrogens with two attached hydrogens (primary N) is 1. The first kappa shape index (κ1) is 9.21. The van der Waals surface area contributed by atoms with Gasteiger partial charge < -0.3 is 10.3 Å². The number of nitrogens with zero attached hydrogens (tertiary/aromatic N) is 2. The van der Waals surface area contributed by atoms with E-state index in [2.05, 4.69) is 24.0 Å². The number of hydrogen-bond donors (Lipinski definition) is 1. The molecule has 2 rings (SSSR count). The summed E-state index contributed by atoms with van der Waals surface area (Å²) in [5.74, 6) is 0.710. The van der Waals surface area contributed by atoms with Crippen LogP contribution in [0.25, 0.3) is 10.6 Å². The summed E-state index contributed by atoms with van der Waals surface area (Å²) in [6.45, 7) is 4.13. The van der Waals surface area contributed by atoms with Crippen molar-refractivity contribution >= 4 is 17.2 Å². The lowest BCUT2D eigenvalue weighted by Crippen LogP contribution is -1.93. The highest BCUT2D eigenvalue weighted by Crippen LogP contribution is 2.34. The molecule has 0 bridgehead atoms. The fourth-order valence-corrected chi connectivity index (χ4v) is 1.99. The van der Waals surface area contributed by atoms with Crippen LogP contribution in [0.2, 0.25) is 0 Å². The second-order valence-corrected chi connectivity index (χ2v) is 4.22. The van der Waals surface area contributed by atoms with Crippen LogP contribution in [0.15, 0.2) is 16.2 Å². The van der Waals surface area contributed by atoms with E-state index < -0.39 is 0 Å². The van der Waals surface area contributed by atoms with Crippen molar-refractivity contribution in [2.75, 3.05) is 5.73 Å². The van der Waals surface area contributed by atoms with Gasteiger partial charge in [0, 0.05) is 11.8 Å². The van der Waals surface area contributed by atoms with Crippen molar-refractivity contribution in [3.63, 3.8) is 0 Å². The number of anilines is 1. The molecule has 0 aromatic carbocycles. The van der Waals surface area contributed by atoms with Crippen LogP contribution in [0.3, 0.4) is 0 Å². The molecule has 0 aliphatic carbocycles. The zero-order valence-corrected chi connectivity index (χ0v) is 8.84. The van der Waals surface area contributed by atoms with Crippen molar-refractivity contribution in [1.29, 1.82) is 0 Å². The Balaban J connectivity index is 2.54. The van der Waals surface area contributed by atoms with Gasteiger partial charge in [-0.05, 0) is 5.92 Å². The molecule has 0 fully saturated rings. The largest absolute Gasteiger partial charge is 0.367 e. The van der Waals surface area contributed by atoms with Gasteiger partial charge in [0.05, 0.1) is 10.4 Å². The van der Waals surface area contributed by atoms with Gasteiger partial charge in [-0.15, -0.1) is 11.3 Å². The molecular weight excluding hydrogens is 198 g/mol. The average molecular weight is 209 g/mol. The third-order valence-electron chi connectivity index (χ3n) is 2.00. The van der Waals surface area contributed by atoms with Gasteiger partial charge >= 0.3 is 0 Å². The highest BCUT2D eigenvalue weighted by molar-refractivity contribution is 7.13. The highest BCUT2D eigenvalue weighted by atomic mass is 32.1. The molecule has 2 aromatic heterocycles. The number of hydrogen-bond acceptors (Lipinski definition) is 5. The Labute approximate surface area is 85.7 Å². The van der Waals surface area contributed by atoms with Crippen LogP contribution in [0.1, 0.15) is 25.3 Å². The molecule has 0 saturated carbocycles. The van der Waals surface area contributed by atoms with Gasteiger partial charge in [0.2, 0.25) is 5.88 Å². The van der Waals surface area contributed by atoms with Crippen LogP contribution in [-0.2, 0) is 0 Å². The summed E-state index contributed by atoms with van der Waals surface area (Å²) >= 11 is 1.53. The van der Waals surface area contributed by atoms with E-state index in [0.29, 0.717) is 11.8 Å². The third-order valence-corrected chi connectivity index (χ3v) is 2.78. The summed E-state index contributed by atoms with van der Waals surface area (Å²) in [6, 6.07) is 0. The zero-order valence-electron chi connectivity index (χ0n) is 8.02. The van der Waals surface area contributed by atoms with Gasteiger partial charge in [0.1, 0.15) is 5.69 Å². The molecular formula is C9H11N3OS. The summed E-state index contributed by atoms with van der Waals surface area (Å²) in [6.07, 6.45) is 1.77. The standard InChI is InChI=1S/C9H11N3OS/c1-5(2)7-8(12-13-9(7)10)6-3-11-4-14-6/h3-5H,10H2,1-2H3. The molecule has 2 heterocycles. The SMILES string of the molecule is CC(C)c1c(-c2cncs2)noc1N. The minimum atomic E-state index is 0.304. The fourth-order valence-electron chi connectivity index (χ4n) is 1.38. The van der Waals surface area contributed by atoms with E-state index >= 15 is 0 Å². The van der Waals surface area contributed by atoms with Crippen molar-refractivity contribution in [1.82, 2.24) is 10.1 Å². The molecule has 0 saturated heterocycles. The summed E-state index contributed by atoms with van der Waals surface area (Å²) in [4.78, 5) is 5.00. The first-order valence-electron chi connectivity index (χ1n) is 4.34. The van der Waals surface area contributed by atoms with Gasteiger partial charge in [-0.2, -0.15) is 0 Å². The van der Waals surface area contributed by atoms with E-state index in [1.165, 1.54) is 11.3 Å². The van der Waals surface area contributed by atoms with Crippen LogP contribution in [0.4, 0.5) is 5.88 Å². The normalized spacial score (nSPS) is 11.1. The number of aromatic nitrogens is 2. The lowest BCUT2D eigenvalue weighted by molar-refractivity contribution is 0.438. The second-order valence-electron chi connectivity index (χ2n) is 3.33. The van der Waals surface area contributed by atoms with E-state index in [1.807, 2.05) is 0 Å². The number of rotatable bonds is 2. The summed E-state index contributed by atoms with van der Waals surface area (Å²) in [5.41, 5.74) is 9.26. The van der Waals surface area contributed by atoms with Crippen LogP contribution < -0.4 is 5.73 Å². The topological polar surface area (TPSA) is 64.9 Å². The molecule has 0 spiro atoms. The van der Waals surface area contributed by atoms with Crippen LogP contribution in [0.5, 0.6) is 0 Å². The molecule has 5 heteroatoms. The minimum Gasteiger partial charge on any atom is -0.367 e. The smallest absolute Gasteiger partial charge is 0.226 e. The minimum absolute atomic E-state index is 0.304. The van der Waals surface area contributed by atoms with Gasteiger partial charge in [-0.1, -0.05) is 19.0 Å². The first-order chi connectivity index (χ1) is 6.70. The Morgan fingerprint density at radius 1 is 1.50 bits per heavy atom. The predicted octanol–water partition coefficient (Wildman–Crippen LogP) is 2.50. The molecule has 0 radical (unpaired) electrons. The quantitative estimate of drug-likeness (QED) is 0.825. The summed E-state index contributed by atoms with van der Waals surface area (Å²) in [5, 5.41) is 3.95. The Kier molecular flexibility index (Phi) is 2.25. The van der Waals surface area contributed by atoms with Crippen molar-refractivity contribution in [2.45, 2.75) is 19.8 Å². The van der Waals surface area contributed by atoms with E-state index in [0.717, 1.165) is 16.1 Å². The molecule has 0 atom stereocenters. The van der Waals surface area contributed by atoms with Crippen molar-refractivity contribution < 1.29 is 4.52 Å². The van der Waals surface area contributed by atoms with Gasteiger partial charge in [0.25, 0.3) is 0 Å². The fraction of sp³-hybridized carbons (Fsp3) is 0.333. The van der Waals surface area contributed by atoms with Gasteiger partial charge in [0.15, 0.2) is 0 Å². The van der Waals surface area contributed by atoms with Crippen LogP contribution >= 0.6 is 11.3 Å². The molecule has 0 aliphatic heterocycles. The summed E-state index contributed by atoms with van der Waals surface area (Å²) < 4.78 is 4.99. The van der Waals surface area contributed by atoms with Crippen molar-refractivity contribution in [3.05, 3.63) is 17.3 Å². The van der Waals surface area contributed by atoms with E-state index in [1.54, 1.807) is 11.7 Å². The van der Waals surface area contributed by atoms with E-state index in [9.17, 15) is 0 Å². The second kappa shape index (κ2) is 3.42. The molecule has 4 nitrogen and oxygen atoms in total. The van der Waals surface area contributed by atoms with E-state index in [-0.39, 0.29) is 0 Å². The summed E-state index contributed by atoms with van der Waals surface area (Å²) in [7, 11) is 0. The van der Waals surface area contributed by atoms with E-state index in [4.69, 9.17) is 10.3 Å².